The van der Waals surface area contributed by atoms with Gasteiger partial charge >= 0.3 is 5.97 Å². The van der Waals surface area contributed by atoms with Crippen LogP contribution in [0.1, 0.15) is 10.4 Å². The first-order chi connectivity index (χ1) is 9.63. The number of thiophene rings is 1. The number of methoxy groups -OCH3 is 1. The van der Waals surface area contributed by atoms with Crippen LogP contribution in [0.5, 0.6) is 0 Å². The van der Waals surface area contributed by atoms with Gasteiger partial charge in [-0.05, 0) is 29.8 Å². The van der Waals surface area contributed by atoms with Gasteiger partial charge in [0.15, 0.2) is 0 Å². The Bertz CT molecular complexity index is 646. The Labute approximate surface area is 133 Å². The molecule has 1 atom stereocenters. The van der Waals surface area contributed by atoms with Gasteiger partial charge in [-0.2, -0.15) is 5.26 Å². The number of ether oxygens (including phenoxy) is 1. The number of benzene rings is 1. The number of hydrogen-bond acceptors (Lipinski definition) is 5. The lowest BCUT2D eigenvalue weighted by molar-refractivity contribution is -0.142. The number of hydrogen-bond donors (Lipinski definition) is 1. The fourth-order valence-electron chi connectivity index (χ4n) is 1.80. The third-order valence-corrected chi connectivity index (χ3v) is 4.04. The fraction of sp³-hybridized carbons (Fsp3) is 0.200. The minimum Gasteiger partial charge on any atom is -0.468 e. The van der Waals surface area contributed by atoms with Crippen molar-refractivity contribution < 1.29 is 9.53 Å². The molecule has 0 saturated carbocycles. The normalized spacial score (nSPS) is 11.1. The molecule has 0 fully saturated rings. The van der Waals surface area contributed by atoms with Gasteiger partial charge in [0.1, 0.15) is 6.04 Å². The molecule has 1 aromatic carbocycles. The summed E-state index contributed by atoms with van der Waals surface area (Å²) in [7, 11) is 1.33. The molecule has 1 heterocycles. The molecule has 0 aliphatic rings. The van der Waals surface area contributed by atoms with Gasteiger partial charge in [0.2, 0.25) is 0 Å². The second kappa shape index (κ2) is 7.79. The van der Waals surface area contributed by atoms with E-state index in [-0.39, 0.29) is 12.4 Å². The third-order valence-electron chi connectivity index (χ3n) is 2.89. The van der Waals surface area contributed by atoms with E-state index in [9.17, 15) is 4.79 Å². The predicted molar refractivity (Wildman–Crippen MR) is 85.4 cm³/mol. The summed E-state index contributed by atoms with van der Waals surface area (Å²) >= 11 is 1.58. The van der Waals surface area contributed by atoms with Crippen LogP contribution in [-0.2, 0) is 16.0 Å². The number of carbonyl (C=O) groups is 1. The highest BCUT2D eigenvalue weighted by atomic mass is 35.5. The summed E-state index contributed by atoms with van der Waals surface area (Å²) in [6, 6.07) is 12.8. The zero-order valence-electron chi connectivity index (χ0n) is 11.4. The summed E-state index contributed by atoms with van der Waals surface area (Å²) < 4.78 is 4.61. The topological polar surface area (TPSA) is 76.1 Å². The molecule has 6 heteroatoms. The number of halogens is 1. The van der Waals surface area contributed by atoms with E-state index in [1.54, 1.807) is 23.5 Å². The van der Waals surface area contributed by atoms with E-state index in [0.29, 0.717) is 12.0 Å². The van der Waals surface area contributed by atoms with E-state index in [0.717, 1.165) is 15.3 Å². The third kappa shape index (κ3) is 4.30. The second-order valence-electron chi connectivity index (χ2n) is 4.29. The van der Waals surface area contributed by atoms with Crippen LogP contribution in [0.3, 0.4) is 0 Å². The first kappa shape index (κ1) is 17.2. The molecule has 0 aliphatic carbocycles. The maximum Gasteiger partial charge on any atom is 0.323 e. The molecular formula is C15H15ClN2O2S. The van der Waals surface area contributed by atoms with E-state index in [4.69, 9.17) is 11.0 Å². The lowest BCUT2D eigenvalue weighted by Crippen LogP contribution is -2.33. The summed E-state index contributed by atoms with van der Waals surface area (Å²) in [6.45, 7) is 0. The van der Waals surface area contributed by atoms with E-state index in [1.165, 1.54) is 7.11 Å². The Morgan fingerprint density at radius 1 is 1.33 bits per heavy atom. The Hall–Kier alpha value is -1.87. The molecule has 4 nitrogen and oxygen atoms in total. The molecule has 21 heavy (non-hydrogen) atoms. The van der Waals surface area contributed by atoms with Crippen molar-refractivity contribution in [3.05, 3.63) is 46.8 Å². The first-order valence-corrected chi connectivity index (χ1v) is 6.88. The number of carbonyl (C=O) groups excluding carboxylic acids is 1. The zero-order valence-corrected chi connectivity index (χ0v) is 13.0. The molecule has 0 bridgehead atoms. The van der Waals surface area contributed by atoms with Gasteiger partial charge in [0, 0.05) is 16.2 Å². The molecule has 1 unspecified atom stereocenters. The molecule has 0 aliphatic heterocycles. The number of rotatable bonds is 4. The molecule has 110 valence electrons. The highest BCUT2D eigenvalue weighted by Gasteiger charge is 2.15. The minimum absolute atomic E-state index is 0. The van der Waals surface area contributed by atoms with Crippen molar-refractivity contribution in [2.75, 3.05) is 7.11 Å². The molecule has 2 aromatic rings. The van der Waals surface area contributed by atoms with Gasteiger partial charge in [0.25, 0.3) is 0 Å². The Balaban J connectivity index is 0.00000220. The molecule has 0 radical (unpaired) electrons. The van der Waals surface area contributed by atoms with Crippen LogP contribution in [0.4, 0.5) is 0 Å². The zero-order chi connectivity index (χ0) is 14.5. The van der Waals surface area contributed by atoms with Crippen molar-refractivity contribution >= 4 is 29.7 Å². The van der Waals surface area contributed by atoms with Gasteiger partial charge < -0.3 is 10.5 Å². The van der Waals surface area contributed by atoms with Crippen LogP contribution in [-0.4, -0.2) is 19.1 Å². The number of nitrogens with two attached hydrogens (primary N) is 1. The lowest BCUT2D eigenvalue weighted by Gasteiger charge is -2.06. The standard InChI is InChI=1S/C15H14N2O2S.ClH/c1-19-15(18)13(17)8-12-6-7-14(20-12)11-4-2-10(9-16)3-5-11;/h2-7,13H,8,17H2,1H3;1H. The van der Waals surface area contributed by atoms with Gasteiger partial charge in [0.05, 0.1) is 18.7 Å². The van der Waals surface area contributed by atoms with Crippen molar-refractivity contribution in [2.24, 2.45) is 5.73 Å². The van der Waals surface area contributed by atoms with Crippen LogP contribution >= 0.6 is 23.7 Å². The Morgan fingerprint density at radius 3 is 2.57 bits per heavy atom. The van der Waals surface area contributed by atoms with Crippen LogP contribution in [0.15, 0.2) is 36.4 Å². The molecule has 0 amide bonds. The highest BCUT2D eigenvalue weighted by Crippen LogP contribution is 2.28. The predicted octanol–water partition coefficient (Wildman–Crippen LogP) is 2.75. The summed E-state index contributed by atoms with van der Waals surface area (Å²) in [6.07, 6.45) is 0.466. The quantitative estimate of drug-likeness (QED) is 0.878. The van der Waals surface area contributed by atoms with Crippen LogP contribution in [0.2, 0.25) is 0 Å². The molecule has 2 N–H and O–H groups in total. The van der Waals surface area contributed by atoms with E-state index < -0.39 is 12.0 Å². The monoisotopic (exact) mass is 322 g/mol. The van der Waals surface area contributed by atoms with E-state index >= 15 is 0 Å². The number of esters is 1. The fourth-order valence-corrected chi connectivity index (χ4v) is 2.87. The Kier molecular flexibility index (Phi) is 6.38. The largest absolute Gasteiger partial charge is 0.468 e. The summed E-state index contributed by atoms with van der Waals surface area (Å²) in [5.74, 6) is -0.404. The average molecular weight is 323 g/mol. The van der Waals surface area contributed by atoms with Crippen LogP contribution in [0.25, 0.3) is 10.4 Å². The summed E-state index contributed by atoms with van der Waals surface area (Å²) in [5, 5.41) is 8.77. The SMILES string of the molecule is COC(=O)C(N)Cc1ccc(-c2ccc(C#N)cc2)s1.Cl. The van der Waals surface area contributed by atoms with Gasteiger partial charge in [-0.15, -0.1) is 23.7 Å². The highest BCUT2D eigenvalue weighted by molar-refractivity contribution is 7.15. The maximum absolute atomic E-state index is 11.3. The van der Waals surface area contributed by atoms with Crippen molar-refractivity contribution in [3.63, 3.8) is 0 Å². The average Bonchev–Trinajstić information content (AvgIpc) is 2.94. The minimum atomic E-state index is -0.632. The maximum atomic E-state index is 11.3. The van der Waals surface area contributed by atoms with Crippen molar-refractivity contribution in [3.8, 4) is 16.5 Å². The molecule has 0 spiro atoms. The second-order valence-corrected chi connectivity index (χ2v) is 5.46. The number of nitrogens with zero attached hydrogens (tertiary/aromatic N) is 1. The smallest absolute Gasteiger partial charge is 0.323 e. The van der Waals surface area contributed by atoms with Gasteiger partial charge in [-0.3, -0.25) is 4.79 Å². The molecular weight excluding hydrogens is 308 g/mol. The lowest BCUT2D eigenvalue weighted by atomic mass is 10.1. The van der Waals surface area contributed by atoms with Crippen molar-refractivity contribution in [1.82, 2.24) is 0 Å². The van der Waals surface area contributed by atoms with E-state index in [2.05, 4.69) is 10.8 Å². The van der Waals surface area contributed by atoms with Gasteiger partial charge in [-0.25, -0.2) is 0 Å². The molecule has 1 aromatic heterocycles. The first-order valence-electron chi connectivity index (χ1n) is 6.06. The van der Waals surface area contributed by atoms with E-state index in [1.807, 2.05) is 24.3 Å². The van der Waals surface area contributed by atoms with Crippen molar-refractivity contribution in [1.29, 1.82) is 5.26 Å². The Morgan fingerprint density at radius 2 is 2.00 bits per heavy atom. The van der Waals surface area contributed by atoms with Gasteiger partial charge in [-0.1, -0.05) is 12.1 Å². The molecule has 0 saturated heterocycles. The number of nitriles is 1. The van der Waals surface area contributed by atoms with Crippen LogP contribution < -0.4 is 5.73 Å². The van der Waals surface area contributed by atoms with Crippen molar-refractivity contribution in [2.45, 2.75) is 12.5 Å². The molecule has 2 rings (SSSR count). The summed E-state index contributed by atoms with van der Waals surface area (Å²) in [5.41, 5.74) is 7.43. The van der Waals surface area contributed by atoms with Crippen LogP contribution in [0, 0.1) is 11.3 Å². The summed E-state index contributed by atoms with van der Waals surface area (Å²) in [4.78, 5) is 13.4.